The van der Waals surface area contributed by atoms with Gasteiger partial charge in [0.15, 0.2) is 29.4 Å². The summed E-state index contributed by atoms with van der Waals surface area (Å²) >= 11 is 0. The van der Waals surface area contributed by atoms with E-state index in [2.05, 4.69) is 20.3 Å². The first kappa shape index (κ1) is 18.7. The van der Waals surface area contributed by atoms with Gasteiger partial charge in [-0.3, -0.25) is 4.57 Å². The lowest BCUT2D eigenvalue weighted by molar-refractivity contribution is -0.144. The van der Waals surface area contributed by atoms with Crippen LogP contribution in [-0.2, 0) is 10.9 Å². The van der Waals surface area contributed by atoms with Crippen LogP contribution in [0.4, 0.5) is 23.4 Å². The van der Waals surface area contributed by atoms with Crippen LogP contribution in [0.5, 0.6) is 0 Å². The van der Waals surface area contributed by atoms with Gasteiger partial charge in [0.2, 0.25) is 5.82 Å². The average molecular weight is 379 g/mol. The van der Waals surface area contributed by atoms with Gasteiger partial charge >= 0.3 is 6.18 Å². The summed E-state index contributed by atoms with van der Waals surface area (Å²) in [5.74, 6) is -1.56. The fourth-order valence-corrected chi connectivity index (χ4v) is 2.68. The van der Waals surface area contributed by atoms with E-state index in [-0.39, 0.29) is 23.0 Å². The zero-order chi connectivity index (χ0) is 19.2. The number of nitrogens with zero attached hydrogens (tertiary/aromatic N) is 4. The summed E-state index contributed by atoms with van der Waals surface area (Å²) in [5, 5.41) is 21.6. The summed E-state index contributed by atoms with van der Waals surface area (Å²) in [6.07, 6.45) is -10.0. The summed E-state index contributed by atoms with van der Waals surface area (Å²) in [6, 6.07) is -0.239. The third kappa shape index (κ3) is 3.19. The monoisotopic (exact) mass is 379 g/mol. The highest BCUT2D eigenvalue weighted by Crippen LogP contribution is 2.36. The standard InChI is InChI=1S/C14H17F4N5O3/c1-5(2)20-10-8-11(22-13(21-10)14(16,17)18)23(4-19-8)12-7(15)9(25)6(3-24)26-12/h4-7,9,12,24-25H,3H2,1-2H3,(H,20,21,22)/t6-,7+,9-,12-/m1/s1. The van der Waals surface area contributed by atoms with Gasteiger partial charge in [-0.05, 0) is 13.8 Å². The average Bonchev–Trinajstić information content (AvgIpc) is 3.08. The topological polar surface area (TPSA) is 105 Å². The zero-order valence-corrected chi connectivity index (χ0v) is 13.8. The second-order valence-corrected chi connectivity index (χ2v) is 6.20. The molecule has 0 aliphatic carbocycles. The number of anilines is 1. The lowest BCUT2D eigenvalue weighted by atomic mass is 10.1. The molecule has 0 bridgehead atoms. The zero-order valence-electron chi connectivity index (χ0n) is 13.8. The number of alkyl halides is 4. The number of aromatic nitrogens is 4. The number of hydrogen-bond acceptors (Lipinski definition) is 7. The minimum atomic E-state index is -4.82. The minimum absolute atomic E-state index is 0.00411. The van der Waals surface area contributed by atoms with Crippen molar-refractivity contribution in [3.63, 3.8) is 0 Å². The summed E-state index contributed by atoms with van der Waals surface area (Å²) in [7, 11) is 0. The molecule has 3 N–H and O–H groups in total. The molecule has 144 valence electrons. The maximum atomic E-state index is 14.3. The normalized spacial score (nSPS) is 26.8. The van der Waals surface area contributed by atoms with Crippen LogP contribution in [0, 0.1) is 0 Å². The molecule has 1 aliphatic heterocycles. The number of rotatable bonds is 4. The number of imidazole rings is 1. The number of aliphatic hydroxyl groups is 2. The van der Waals surface area contributed by atoms with Gasteiger partial charge in [-0.2, -0.15) is 13.2 Å². The SMILES string of the molecule is CC(C)Nc1nc(C(F)(F)F)nc2c1ncn2[C@@H]1O[C@H](CO)[C@@H](O)[C@@H]1F. The van der Waals surface area contributed by atoms with Crippen LogP contribution in [0.15, 0.2) is 6.33 Å². The molecule has 0 radical (unpaired) electrons. The van der Waals surface area contributed by atoms with Crippen LogP contribution < -0.4 is 5.32 Å². The molecule has 0 amide bonds. The fraction of sp³-hybridized carbons (Fsp3) is 0.643. The summed E-state index contributed by atoms with van der Waals surface area (Å²) in [4.78, 5) is 10.9. The second-order valence-electron chi connectivity index (χ2n) is 6.20. The van der Waals surface area contributed by atoms with Crippen molar-refractivity contribution in [2.45, 2.75) is 50.7 Å². The first-order valence-electron chi connectivity index (χ1n) is 7.80. The van der Waals surface area contributed by atoms with Crippen molar-refractivity contribution < 1.29 is 32.5 Å². The maximum absolute atomic E-state index is 14.3. The van der Waals surface area contributed by atoms with Gasteiger partial charge in [-0.25, -0.2) is 19.3 Å². The third-order valence-electron chi connectivity index (χ3n) is 3.85. The Bertz CT molecular complexity index is 797. The van der Waals surface area contributed by atoms with Gasteiger partial charge < -0.3 is 20.3 Å². The molecule has 8 nitrogen and oxygen atoms in total. The molecular formula is C14H17F4N5O3. The summed E-state index contributed by atoms with van der Waals surface area (Å²) < 4.78 is 59.9. The van der Waals surface area contributed by atoms with Crippen LogP contribution in [-0.4, -0.2) is 60.8 Å². The second kappa shape index (κ2) is 6.59. The van der Waals surface area contributed by atoms with E-state index in [1.54, 1.807) is 13.8 Å². The smallest absolute Gasteiger partial charge is 0.394 e. The van der Waals surface area contributed by atoms with Crippen LogP contribution in [0.3, 0.4) is 0 Å². The third-order valence-corrected chi connectivity index (χ3v) is 3.85. The Hall–Kier alpha value is -2.05. The number of halogens is 4. The molecule has 1 saturated heterocycles. The number of fused-ring (bicyclic) bond motifs is 1. The first-order chi connectivity index (χ1) is 12.1. The van der Waals surface area contributed by atoms with Crippen molar-refractivity contribution in [1.82, 2.24) is 19.5 Å². The van der Waals surface area contributed by atoms with Crippen molar-refractivity contribution in [2.24, 2.45) is 0 Å². The molecule has 0 aromatic carbocycles. The molecule has 3 heterocycles. The Morgan fingerprint density at radius 2 is 2.04 bits per heavy atom. The molecule has 3 rings (SSSR count). The van der Waals surface area contributed by atoms with Crippen molar-refractivity contribution in [3.05, 3.63) is 12.2 Å². The number of hydrogen-bond donors (Lipinski definition) is 3. The van der Waals surface area contributed by atoms with Crippen molar-refractivity contribution in [2.75, 3.05) is 11.9 Å². The van der Waals surface area contributed by atoms with E-state index in [0.29, 0.717) is 0 Å². The fourth-order valence-electron chi connectivity index (χ4n) is 2.68. The van der Waals surface area contributed by atoms with E-state index >= 15 is 0 Å². The van der Waals surface area contributed by atoms with Gasteiger partial charge in [0.1, 0.15) is 12.2 Å². The van der Waals surface area contributed by atoms with Gasteiger partial charge in [0, 0.05) is 6.04 Å². The van der Waals surface area contributed by atoms with E-state index in [4.69, 9.17) is 9.84 Å². The lowest BCUT2D eigenvalue weighted by Crippen LogP contribution is -2.30. The van der Waals surface area contributed by atoms with Crippen LogP contribution >= 0.6 is 0 Å². The Morgan fingerprint density at radius 1 is 1.35 bits per heavy atom. The van der Waals surface area contributed by atoms with E-state index in [1.807, 2.05) is 0 Å². The van der Waals surface area contributed by atoms with Gasteiger partial charge in [-0.15, -0.1) is 0 Å². The first-order valence-corrected chi connectivity index (χ1v) is 7.80. The molecule has 1 fully saturated rings. The van der Waals surface area contributed by atoms with Crippen molar-refractivity contribution >= 4 is 17.0 Å². The molecule has 2 aromatic rings. The molecule has 0 unspecified atom stereocenters. The van der Waals surface area contributed by atoms with Crippen molar-refractivity contribution in [1.29, 1.82) is 0 Å². The maximum Gasteiger partial charge on any atom is 0.451 e. The highest BCUT2D eigenvalue weighted by atomic mass is 19.4. The van der Waals surface area contributed by atoms with Gasteiger partial charge in [0.05, 0.1) is 12.9 Å². The molecule has 2 aromatic heterocycles. The van der Waals surface area contributed by atoms with Gasteiger partial charge in [0.25, 0.3) is 0 Å². The highest BCUT2D eigenvalue weighted by Gasteiger charge is 2.46. The quantitative estimate of drug-likeness (QED) is 0.687. The van der Waals surface area contributed by atoms with E-state index in [0.717, 1.165) is 10.9 Å². The molecule has 1 aliphatic rings. The highest BCUT2D eigenvalue weighted by molar-refractivity contribution is 5.83. The molecular weight excluding hydrogens is 362 g/mol. The summed E-state index contributed by atoms with van der Waals surface area (Å²) in [6.45, 7) is 2.77. The van der Waals surface area contributed by atoms with Crippen LogP contribution in [0.1, 0.15) is 25.9 Å². The Kier molecular flexibility index (Phi) is 4.75. The number of aliphatic hydroxyl groups excluding tert-OH is 2. The Morgan fingerprint density at radius 3 is 2.58 bits per heavy atom. The van der Waals surface area contributed by atoms with E-state index in [1.165, 1.54) is 0 Å². The largest absolute Gasteiger partial charge is 0.451 e. The van der Waals surface area contributed by atoms with E-state index in [9.17, 15) is 22.7 Å². The van der Waals surface area contributed by atoms with Crippen LogP contribution in [0.25, 0.3) is 11.2 Å². The van der Waals surface area contributed by atoms with E-state index < -0.39 is 43.2 Å². The molecule has 0 spiro atoms. The van der Waals surface area contributed by atoms with Gasteiger partial charge in [-0.1, -0.05) is 0 Å². The Labute approximate surface area is 144 Å². The minimum Gasteiger partial charge on any atom is -0.394 e. The molecule has 0 saturated carbocycles. The molecule has 4 atom stereocenters. The van der Waals surface area contributed by atoms with Crippen molar-refractivity contribution in [3.8, 4) is 0 Å². The summed E-state index contributed by atoms with van der Waals surface area (Å²) in [5.41, 5.74) is -0.293. The lowest BCUT2D eigenvalue weighted by Gasteiger charge is -2.16. The number of nitrogens with one attached hydrogen (secondary N) is 1. The predicted octanol–water partition coefficient (Wildman–Crippen LogP) is 1.25. The molecule has 26 heavy (non-hydrogen) atoms. The predicted molar refractivity (Wildman–Crippen MR) is 81.0 cm³/mol. The number of ether oxygens (including phenoxy) is 1. The molecule has 12 heteroatoms. The van der Waals surface area contributed by atoms with Crippen LogP contribution in [0.2, 0.25) is 0 Å². The Balaban J connectivity index is 2.13.